The van der Waals surface area contributed by atoms with E-state index >= 15 is 0 Å². The molecule has 0 aliphatic rings. The molecule has 23 heavy (non-hydrogen) atoms. The average molecular weight is 348 g/mol. The summed E-state index contributed by atoms with van der Waals surface area (Å²) in [6, 6.07) is 13.3. The Balaban J connectivity index is 2.08. The van der Waals surface area contributed by atoms with E-state index in [2.05, 4.69) is 14.9 Å². The Kier molecular flexibility index (Phi) is 4.55. The van der Waals surface area contributed by atoms with E-state index in [0.29, 0.717) is 23.0 Å². The zero-order valence-electron chi connectivity index (χ0n) is 12.5. The van der Waals surface area contributed by atoms with Crippen LogP contribution in [0.4, 0.5) is 0 Å². The molecule has 4 nitrogen and oxygen atoms in total. The first-order chi connectivity index (χ1) is 11.1. The third kappa shape index (κ3) is 3.19. The van der Waals surface area contributed by atoms with Gasteiger partial charge in [0.25, 0.3) is 0 Å². The van der Waals surface area contributed by atoms with Gasteiger partial charge in [0, 0.05) is 6.54 Å². The lowest BCUT2D eigenvalue weighted by atomic mass is 10.2. The molecule has 1 amide bonds. The van der Waals surface area contributed by atoms with Gasteiger partial charge in [0.15, 0.2) is 0 Å². The van der Waals surface area contributed by atoms with Crippen LogP contribution in [0.25, 0.3) is 11.0 Å². The minimum absolute atomic E-state index is 0.192. The molecule has 1 atom stereocenters. The molecular weight excluding hydrogens is 333 g/mol. The highest BCUT2D eigenvalue weighted by Crippen LogP contribution is 2.26. The number of rotatable bonds is 5. The second kappa shape index (κ2) is 6.60. The number of hydrogen-bond acceptors (Lipinski definition) is 2. The van der Waals surface area contributed by atoms with Crippen molar-refractivity contribution in [2.24, 2.45) is 0 Å². The number of carbonyl (C=O) groups is 1. The van der Waals surface area contributed by atoms with Gasteiger partial charge >= 0.3 is 0 Å². The Morgan fingerprint density at radius 1 is 1.22 bits per heavy atom. The van der Waals surface area contributed by atoms with E-state index in [1.54, 1.807) is 6.07 Å². The highest BCUT2D eigenvalue weighted by atomic mass is 35.5. The lowest BCUT2D eigenvalue weighted by Gasteiger charge is -2.14. The van der Waals surface area contributed by atoms with E-state index < -0.39 is 0 Å². The number of amides is 1. The fourth-order valence-corrected chi connectivity index (χ4v) is 2.91. The molecule has 0 radical (unpaired) electrons. The molecule has 0 saturated heterocycles. The molecule has 3 aromatic rings. The van der Waals surface area contributed by atoms with Crippen molar-refractivity contribution in [3.63, 3.8) is 0 Å². The zero-order valence-corrected chi connectivity index (χ0v) is 14.0. The third-order valence-corrected chi connectivity index (χ3v) is 4.45. The molecule has 0 aliphatic carbocycles. The number of carbonyl (C=O) groups excluding carboxylic acids is 1. The lowest BCUT2D eigenvalue weighted by molar-refractivity contribution is -0.110. The summed E-state index contributed by atoms with van der Waals surface area (Å²) < 4.78 is 2.08. The normalized spacial score (nSPS) is 12.3. The van der Waals surface area contributed by atoms with Gasteiger partial charge in [-0.25, -0.2) is 4.98 Å². The van der Waals surface area contributed by atoms with E-state index in [-0.39, 0.29) is 6.04 Å². The molecule has 6 heteroatoms. The average Bonchev–Trinajstić information content (AvgIpc) is 2.90. The van der Waals surface area contributed by atoms with E-state index in [9.17, 15) is 4.79 Å². The van der Waals surface area contributed by atoms with Crippen molar-refractivity contribution in [1.82, 2.24) is 14.9 Å². The molecule has 1 aromatic heterocycles. The van der Waals surface area contributed by atoms with Crippen LogP contribution >= 0.6 is 23.2 Å². The summed E-state index contributed by atoms with van der Waals surface area (Å²) >= 11 is 12.1. The largest absolute Gasteiger partial charge is 0.349 e. The molecule has 2 aromatic carbocycles. The number of benzene rings is 2. The van der Waals surface area contributed by atoms with Crippen molar-refractivity contribution in [3.05, 3.63) is 63.9 Å². The first-order valence-electron chi connectivity index (χ1n) is 7.19. The van der Waals surface area contributed by atoms with Gasteiger partial charge in [-0.1, -0.05) is 41.4 Å². The van der Waals surface area contributed by atoms with Crippen molar-refractivity contribution in [2.45, 2.75) is 19.5 Å². The van der Waals surface area contributed by atoms with Crippen LogP contribution in [0.2, 0.25) is 10.0 Å². The van der Waals surface area contributed by atoms with Crippen molar-refractivity contribution in [3.8, 4) is 0 Å². The number of para-hydroxylation sites is 2. The van der Waals surface area contributed by atoms with Crippen molar-refractivity contribution in [1.29, 1.82) is 0 Å². The van der Waals surface area contributed by atoms with Gasteiger partial charge in [0.2, 0.25) is 6.41 Å². The second-order valence-electron chi connectivity index (χ2n) is 5.30. The predicted molar refractivity (Wildman–Crippen MR) is 92.9 cm³/mol. The van der Waals surface area contributed by atoms with Crippen molar-refractivity contribution < 1.29 is 4.79 Å². The fourth-order valence-electron chi connectivity index (χ4n) is 2.59. The maximum absolute atomic E-state index is 10.8. The van der Waals surface area contributed by atoms with Gasteiger partial charge in [0.1, 0.15) is 5.82 Å². The summed E-state index contributed by atoms with van der Waals surface area (Å²) in [4.78, 5) is 15.4. The van der Waals surface area contributed by atoms with E-state index in [0.717, 1.165) is 22.4 Å². The second-order valence-corrected chi connectivity index (χ2v) is 6.11. The third-order valence-electron chi connectivity index (χ3n) is 3.71. The van der Waals surface area contributed by atoms with E-state index in [1.165, 1.54) is 0 Å². The van der Waals surface area contributed by atoms with Gasteiger partial charge in [-0.15, -0.1) is 0 Å². The molecule has 3 rings (SSSR count). The SMILES string of the molecule is CC(NC=O)c1nc2ccccc2n1Cc1ccc(Cl)c(Cl)c1. The summed E-state index contributed by atoms with van der Waals surface area (Å²) in [6.07, 6.45) is 0.688. The number of imidazole rings is 1. The van der Waals surface area contributed by atoms with Crippen LogP contribution in [0.3, 0.4) is 0 Å². The predicted octanol–water partition coefficient (Wildman–Crippen LogP) is 4.20. The molecule has 0 spiro atoms. The fraction of sp³-hybridized carbons (Fsp3) is 0.176. The Bertz CT molecular complexity index is 860. The van der Waals surface area contributed by atoms with Gasteiger partial charge in [-0.05, 0) is 36.8 Å². The van der Waals surface area contributed by atoms with Crippen LogP contribution in [0.5, 0.6) is 0 Å². The van der Waals surface area contributed by atoms with Gasteiger partial charge < -0.3 is 9.88 Å². The Morgan fingerprint density at radius 2 is 2.00 bits per heavy atom. The minimum Gasteiger partial charge on any atom is -0.349 e. The van der Waals surface area contributed by atoms with Crippen LogP contribution in [-0.2, 0) is 11.3 Å². The number of hydrogen-bond donors (Lipinski definition) is 1. The number of nitrogens with zero attached hydrogens (tertiary/aromatic N) is 2. The summed E-state index contributed by atoms with van der Waals surface area (Å²) in [5.41, 5.74) is 2.91. The molecule has 0 bridgehead atoms. The topological polar surface area (TPSA) is 46.9 Å². The van der Waals surface area contributed by atoms with Crippen LogP contribution in [0, 0.1) is 0 Å². The molecule has 0 saturated carbocycles. The lowest BCUT2D eigenvalue weighted by Crippen LogP contribution is -2.20. The summed E-state index contributed by atoms with van der Waals surface area (Å²) in [6.45, 7) is 2.50. The van der Waals surface area contributed by atoms with Crippen LogP contribution in [0.1, 0.15) is 24.4 Å². The minimum atomic E-state index is -0.192. The standard InChI is InChI=1S/C17H15Cl2N3O/c1-11(20-10-23)17-21-15-4-2-3-5-16(15)22(17)9-12-6-7-13(18)14(19)8-12/h2-8,10-11H,9H2,1H3,(H,20,23). The maximum Gasteiger partial charge on any atom is 0.207 e. The Labute approximate surface area is 144 Å². The van der Waals surface area contributed by atoms with Gasteiger partial charge in [0.05, 0.1) is 27.1 Å². The van der Waals surface area contributed by atoms with Crippen molar-refractivity contribution in [2.75, 3.05) is 0 Å². The Hall–Kier alpha value is -2.04. The molecule has 0 fully saturated rings. The molecule has 1 N–H and O–H groups in total. The first kappa shape index (κ1) is 15.8. The summed E-state index contributed by atoms with van der Waals surface area (Å²) in [5.74, 6) is 0.796. The molecular formula is C17H15Cl2N3O. The molecule has 118 valence electrons. The molecule has 0 aliphatic heterocycles. The van der Waals surface area contributed by atoms with Gasteiger partial charge in [-0.2, -0.15) is 0 Å². The van der Waals surface area contributed by atoms with Gasteiger partial charge in [-0.3, -0.25) is 4.79 Å². The smallest absolute Gasteiger partial charge is 0.207 e. The monoisotopic (exact) mass is 347 g/mol. The zero-order chi connectivity index (χ0) is 16.4. The molecule has 1 unspecified atom stereocenters. The first-order valence-corrected chi connectivity index (χ1v) is 7.94. The summed E-state index contributed by atoms with van der Waals surface area (Å²) in [7, 11) is 0. The molecule has 1 heterocycles. The number of aromatic nitrogens is 2. The van der Waals surface area contributed by atoms with E-state index in [1.807, 2.05) is 43.3 Å². The highest BCUT2D eigenvalue weighted by molar-refractivity contribution is 6.42. The highest BCUT2D eigenvalue weighted by Gasteiger charge is 2.16. The van der Waals surface area contributed by atoms with E-state index in [4.69, 9.17) is 23.2 Å². The van der Waals surface area contributed by atoms with Crippen LogP contribution in [-0.4, -0.2) is 16.0 Å². The quantitative estimate of drug-likeness (QED) is 0.703. The summed E-state index contributed by atoms with van der Waals surface area (Å²) in [5, 5.41) is 3.81. The van der Waals surface area contributed by atoms with Crippen LogP contribution < -0.4 is 5.32 Å². The maximum atomic E-state index is 10.8. The number of halogens is 2. The number of fused-ring (bicyclic) bond motifs is 1. The Morgan fingerprint density at radius 3 is 2.74 bits per heavy atom. The number of nitrogens with one attached hydrogen (secondary N) is 1. The van der Waals surface area contributed by atoms with Crippen LogP contribution in [0.15, 0.2) is 42.5 Å². The van der Waals surface area contributed by atoms with Crippen molar-refractivity contribution >= 4 is 40.6 Å².